The molecule has 1 saturated heterocycles. The molecule has 0 saturated carbocycles. The van der Waals surface area contributed by atoms with Gasteiger partial charge in [-0.05, 0) is 5.56 Å². The Morgan fingerprint density at radius 1 is 1.37 bits per heavy atom. The number of carbonyl (C=O) groups excluding carboxylic acids is 2. The monoisotopic (exact) mass is 266 g/mol. The molecule has 2 unspecified atom stereocenters. The Kier molecular flexibility index (Phi) is 4.46. The van der Waals surface area contributed by atoms with Crippen LogP contribution in [0.25, 0.3) is 0 Å². The van der Waals surface area contributed by atoms with Crippen molar-refractivity contribution in [3.8, 4) is 0 Å². The largest absolute Gasteiger partial charge is 0.444 e. The Labute approximate surface area is 110 Å². The van der Waals surface area contributed by atoms with Gasteiger partial charge in [0.1, 0.15) is 12.8 Å². The minimum absolute atomic E-state index is 0.0811. The number of hydrogen-bond acceptors (Lipinski definition) is 4. The predicted molar refractivity (Wildman–Crippen MR) is 66.1 cm³/mol. The Balaban J connectivity index is 1.74. The van der Waals surface area contributed by atoms with E-state index in [0.717, 1.165) is 5.56 Å². The molecule has 2 amide bonds. The second-order valence-electron chi connectivity index (χ2n) is 4.34. The van der Waals surface area contributed by atoms with Gasteiger partial charge in [-0.25, -0.2) is 9.18 Å². The summed E-state index contributed by atoms with van der Waals surface area (Å²) in [6.45, 7) is 0.223. The van der Waals surface area contributed by atoms with Crippen molar-refractivity contribution in [3.63, 3.8) is 0 Å². The summed E-state index contributed by atoms with van der Waals surface area (Å²) in [7, 11) is 0. The van der Waals surface area contributed by atoms with E-state index in [1.807, 2.05) is 18.2 Å². The predicted octanol–water partition coefficient (Wildman–Crippen LogP) is 1.14. The number of hydrogen-bond donors (Lipinski definition) is 2. The zero-order chi connectivity index (χ0) is 13.7. The first-order valence-electron chi connectivity index (χ1n) is 6.04. The van der Waals surface area contributed by atoms with Crippen LogP contribution in [0.15, 0.2) is 30.3 Å². The molecule has 1 aromatic carbocycles. The molecule has 2 atom stereocenters. The van der Waals surface area contributed by atoms with Gasteiger partial charge in [-0.15, -0.1) is 0 Å². The van der Waals surface area contributed by atoms with Gasteiger partial charge in [0, 0.05) is 13.0 Å². The maximum Gasteiger partial charge on any atom is 0.414 e. The number of halogens is 1. The highest BCUT2D eigenvalue weighted by Gasteiger charge is 2.30. The number of alkyl carbamates (subject to hydrolysis) is 1. The van der Waals surface area contributed by atoms with Gasteiger partial charge in [0.25, 0.3) is 0 Å². The van der Waals surface area contributed by atoms with Crippen molar-refractivity contribution in [2.24, 2.45) is 0 Å². The lowest BCUT2D eigenvalue weighted by Gasteiger charge is -2.10. The highest BCUT2D eigenvalue weighted by molar-refractivity contribution is 5.95. The molecule has 102 valence electrons. The van der Waals surface area contributed by atoms with Crippen LogP contribution in [0.1, 0.15) is 12.0 Å². The summed E-state index contributed by atoms with van der Waals surface area (Å²) in [6, 6.07) is 8.45. The van der Waals surface area contributed by atoms with E-state index < -0.39 is 24.2 Å². The maximum absolute atomic E-state index is 12.9. The fourth-order valence-electron chi connectivity index (χ4n) is 1.84. The van der Waals surface area contributed by atoms with Gasteiger partial charge in [0.2, 0.25) is 5.91 Å². The highest BCUT2D eigenvalue weighted by atomic mass is 19.1. The van der Waals surface area contributed by atoms with E-state index in [4.69, 9.17) is 4.74 Å². The second-order valence-corrected chi connectivity index (χ2v) is 4.34. The van der Waals surface area contributed by atoms with E-state index in [9.17, 15) is 14.0 Å². The number of ether oxygens (including phenoxy) is 1. The summed E-state index contributed by atoms with van der Waals surface area (Å²) in [5.41, 5.74) is 0.827. The summed E-state index contributed by atoms with van der Waals surface area (Å²) in [4.78, 5) is 23.0. The van der Waals surface area contributed by atoms with Crippen molar-refractivity contribution >= 4 is 12.0 Å². The average Bonchev–Trinajstić information content (AvgIpc) is 2.84. The van der Waals surface area contributed by atoms with Crippen LogP contribution in [0, 0.1) is 0 Å². The fourth-order valence-corrected chi connectivity index (χ4v) is 1.84. The van der Waals surface area contributed by atoms with Crippen molar-refractivity contribution < 1.29 is 18.7 Å². The number of rotatable bonds is 3. The maximum atomic E-state index is 12.9. The van der Waals surface area contributed by atoms with Crippen LogP contribution < -0.4 is 10.6 Å². The van der Waals surface area contributed by atoms with E-state index in [0.29, 0.717) is 0 Å². The minimum atomic E-state index is -1.05. The number of nitrogens with one attached hydrogen (secondary N) is 2. The molecule has 0 aromatic heterocycles. The Bertz CT molecular complexity index is 452. The number of carbonyl (C=O) groups is 2. The molecule has 2 N–H and O–H groups in total. The van der Waals surface area contributed by atoms with Crippen LogP contribution in [-0.2, 0) is 16.1 Å². The van der Waals surface area contributed by atoms with Gasteiger partial charge < -0.3 is 10.1 Å². The van der Waals surface area contributed by atoms with Crippen molar-refractivity contribution in [2.75, 3.05) is 6.54 Å². The van der Waals surface area contributed by atoms with Gasteiger partial charge in [-0.2, -0.15) is 0 Å². The fraction of sp³-hybridized carbons (Fsp3) is 0.385. The van der Waals surface area contributed by atoms with Gasteiger partial charge in [-0.1, -0.05) is 30.3 Å². The third kappa shape index (κ3) is 4.03. The lowest BCUT2D eigenvalue weighted by Crippen LogP contribution is -2.43. The van der Waals surface area contributed by atoms with Gasteiger partial charge in [0.05, 0.1) is 6.04 Å². The van der Waals surface area contributed by atoms with Crippen molar-refractivity contribution in [3.05, 3.63) is 35.9 Å². The zero-order valence-corrected chi connectivity index (χ0v) is 10.3. The third-order valence-electron chi connectivity index (χ3n) is 2.83. The zero-order valence-electron chi connectivity index (χ0n) is 10.3. The molecule has 1 aliphatic heterocycles. The molecule has 1 fully saturated rings. The summed E-state index contributed by atoms with van der Waals surface area (Å²) in [5.74, 6) is -0.557. The van der Waals surface area contributed by atoms with Crippen LogP contribution in [0.5, 0.6) is 0 Å². The van der Waals surface area contributed by atoms with Crippen molar-refractivity contribution in [2.45, 2.75) is 25.2 Å². The molecular weight excluding hydrogens is 251 g/mol. The molecule has 19 heavy (non-hydrogen) atoms. The van der Waals surface area contributed by atoms with Crippen LogP contribution in [-0.4, -0.2) is 30.8 Å². The molecule has 1 aromatic rings. The van der Waals surface area contributed by atoms with Crippen LogP contribution in [0.2, 0.25) is 0 Å². The average molecular weight is 266 g/mol. The molecule has 6 heteroatoms. The Hall–Kier alpha value is -1.95. The molecular formula is C13H15FN2O3. The van der Waals surface area contributed by atoms with Crippen LogP contribution in [0.4, 0.5) is 9.18 Å². The SMILES string of the molecule is O=C(NC(=O)C1CC(F)CN1)OCc1ccccc1. The van der Waals surface area contributed by atoms with Gasteiger partial charge in [-0.3, -0.25) is 10.1 Å². The number of benzene rings is 1. The molecule has 0 spiro atoms. The number of alkyl halides is 1. The van der Waals surface area contributed by atoms with Crippen molar-refractivity contribution in [1.29, 1.82) is 0 Å². The number of imide groups is 1. The quantitative estimate of drug-likeness (QED) is 0.861. The summed E-state index contributed by atoms with van der Waals surface area (Å²) in [5, 5.41) is 4.77. The van der Waals surface area contributed by atoms with Gasteiger partial charge in [0.15, 0.2) is 0 Å². The van der Waals surface area contributed by atoms with Gasteiger partial charge >= 0.3 is 6.09 Å². The lowest BCUT2D eigenvalue weighted by molar-refractivity contribution is -0.122. The molecule has 1 aliphatic rings. The molecule has 0 aliphatic carbocycles. The standard InChI is InChI=1S/C13H15FN2O3/c14-10-6-11(15-7-10)12(17)16-13(18)19-8-9-4-2-1-3-5-9/h1-5,10-11,15H,6-8H2,(H,16,17,18). The molecule has 0 radical (unpaired) electrons. The number of amides is 2. The second kappa shape index (κ2) is 6.29. The van der Waals surface area contributed by atoms with E-state index in [2.05, 4.69) is 10.6 Å². The molecule has 5 nitrogen and oxygen atoms in total. The van der Waals surface area contributed by atoms with E-state index in [1.54, 1.807) is 12.1 Å². The normalized spacial score (nSPS) is 21.9. The minimum Gasteiger partial charge on any atom is -0.444 e. The highest BCUT2D eigenvalue weighted by Crippen LogP contribution is 2.09. The summed E-state index contributed by atoms with van der Waals surface area (Å²) < 4.78 is 17.8. The van der Waals surface area contributed by atoms with Crippen LogP contribution >= 0.6 is 0 Å². The van der Waals surface area contributed by atoms with Crippen LogP contribution in [0.3, 0.4) is 0 Å². The van der Waals surface area contributed by atoms with Crippen molar-refractivity contribution in [1.82, 2.24) is 10.6 Å². The molecule has 2 rings (SSSR count). The van der Waals surface area contributed by atoms with E-state index >= 15 is 0 Å². The molecule has 1 heterocycles. The first-order chi connectivity index (χ1) is 9.15. The lowest BCUT2D eigenvalue weighted by atomic mass is 10.2. The Morgan fingerprint density at radius 2 is 2.11 bits per heavy atom. The molecule has 0 bridgehead atoms. The third-order valence-corrected chi connectivity index (χ3v) is 2.83. The first kappa shape index (κ1) is 13.5. The first-order valence-corrected chi connectivity index (χ1v) is 6.04. The smallest absolute Gasteiger partial charge is 0.414 e. The topological polar surface area (TPSA) is 67.4 Å². The van der Waals surface area contributed by atoms with E-state index in [-0.39, 0.29) is 19.6 Å². The summed E-state index contributed by atoms with van der Waals surface area (Å²) in [6.07, 6.45) is -1.79. The van der Waals surface area contributed by atoms with E-state index in [1.165, 1.54) is 0 Å². The summed E-state index contributed by atoms with van der Waals surface area (Å²) >= 11 is 0. The Morgan fingerprint density at radius 3 is 2.74 bits per heavy atom.